The van der Waals surface area contributed by atoms with Crippen molar-refractivity contribution in [3.63, 3.8) is 0 Å². The molecule has 6 aromatic rings. The van der Waals surface area contributed by atoms with Gasteiger partial charge in [0.15, 0.2) is 0 Å². The third-order valence-corrected chi connectivity index (χ3v) is 7.00. The molecule has 0 bridgehead atoms. The van der Waals surface area contributed by atoms with E-state index < -0.39 is 24.2 Å². The first-order valence-corrected chi connectivity index (χ1v) is 10.3. The van der Waals surface area contributed by atoms with E-state index in [-0.39, 0.29) is 50.2 Å². The zero-order valence-corrected chi connectivity index (χ0v) is 16.7. The SMILES string of the molecule is [2H]c1c([2H])c([2H])c2c(-c3cccc4c3sc3ccccc34)c3c([2H])c([2H])c([2H])c([2H])c3c(Br)c2c1[2H]. The van der Waals surface area contributed by atoms with Gasteiger partial charge in [0.2, 0.25) is 0 Å². The Labute approximate surface area is 186 Å². The van der Waals surface area contributed by atoms with E-state index in [0.29, 0.717) is 11.1 Å². The lowest BCUT2D eigenvalue weighted by molar-refractivity contribution is 1.72. The first-order chi connectivity index (χ1) is 17.1. The Kier molecular flexibility index (Phi) is 2.25. The van der Waals surface area contributed by atoms with Gasteiger partial charge in [0.25, 0.3) is 0 Å². The number of rotatable bonds is 1. The lowest BCUT2D eigenvalue weighted by Crippen LogP contribution is -1.87. The molecule has 0 amide bonds. The molecule has 6 rings (SSSR count). The molecule has 0 aliphatic rings. The Balaban J connectivity index is 2.00. The van der Waals surface area contributed by atoms with Gasteiger partial charge in [-0.25, -0.2) is 0 Å². The third kappa shape index (κ3) is 2.22. The summed E-state index contributed by atoms with van der Waals surface area (Å²) < 4.78 is 70.4. The molecule has 0 radical (unpaired) electrons. The van der Waals surface area contributed by atoms with Gasteiger partial charge >= 0.3 is 0 Å². The number of hydrogen-bond acceptors (Lipinski definition) is 1. The Bertz CT molecular complexity index is 1860. The van der Waals surface area contributed by atoms with Crippen molar-refractivity contribution in [2.75, 3.05) is 0 Å². The van der Waals surface area contributed by atoms with Crippen molar-refractivity contribution >= 4 is 69.0 Å². The van der Waals surface area contributed by atoms with Crippen LogP contribution in [0, 0.1) is 0 Å². The second-order valence-corrected chi connectivity index (χ2v) is 8.31. The fraction of sp³-hybridized carbons (Fsp3) is 0. The van der Waals surface area contributed by atoms with E-state index in [2.05, 4.69) is 15.9 Å². The Hall–Kier alpha value is -2.68. The van der Waals surface area contributed by atoms with Gasteiger partial charge in [-0.05, 0) is 49.1 Å². The summed E-state index contributed by atoms with van der Waals surface area (Å²) in [6, 6.07) is 11.0. The fourth-order valence-electron chi connectivity index (χ4n) is 3.79. The third-order valence-electron chi connectivity index (χ3n) is 4.99. The van der Waals surface area contributed by atoms with Crippen LogP contribution >= 0.6 is 27.3 Å². The summed E-state index contributed by atoms with van der Waals surface area (Å²) in [6.45, 7) is 0. The molecule has 0 unspecified atom stereocenters. The lowest BCUT2D eigenvalue weighted by Gasteiger charge is -2.15. The summed E-state index contributed by atoms with van der Waals surface area (Å²) in [6.07, 6.45) is 0. The van der Waals surface area contributed by atoms with E-state index in [1.165, 1.54) is 0 Å². The molecule has 0 saturated heterocycles. The molecule has 28 heavy (non-hydrogen) atoms. The van der Waals surface area contributed by atoms with Crippen molar-refractivity contribution in [2.24, 2.45) is 0 Å². The maximum Gasteiger partial charge on any atom is 0.0630 e. The van der Waals surface area contributed by atoms with Crippen molar-refractivity contribution in [3.8, 4) is 11.1 Å². The average molecular weight is 447 g/mol. The Morgan fingerprint density at radius 3 is 1.96 bits per heavy atom. The summed E-state index contributed by atoms with van der Waals surface area (Å²) in [5.41, 5.74) is 1.03. The average Bonchev–Trinajstić information content (AvgIpc) is 3.26. The molecule has 0 saturated carbocycles. The number of thiophene rings is 1. The van der Waals surface area contributed by atoms with Gasteiger partial charge in [0.1, 0.15) is 0 Å². The van der Waals surface area contributed by atoms with Crippen LogP contribution in [0.15, 0.2) is 95.3 Å². The first kappa shape index (κ1) is 10.2. The normalized spacial score (nSPS) is 15.8. The first-order valence-electron chi connectivity index (χ1n) is 12.7. The van der Waals surface area contributed by atoms with Crippen molar-refractivity contribution in [1.29, 1.82) is 0 Å². The quantitative estimate of drug-likeness (QED) is 0.221. The highest BCUT2D eigenvalue weighted by molar-refractivity contribution is 9.10. The van der Waals surface area contributed by atoms with Crippen LogP contribution in [0.1, 0.15) is 11.0 Å². The molecular formula is C26H15BrS. The van der Waals surface area contributed by atoms with Crippen LogP contribution < -0.4 is 0 Å². The smallest absolute Gasteiger partial charge is 0.0630 e. The lowest BCUT2D eigenvalue weighted by atomic mass is 9.91. The Morgan fingerprint density at radius 2 is 1.25 bits per heavy atom. The number of fused-ring (bicyclic) bond motifs is 5. The minimum absolute atomic E-state index is 0.187. The van der Waals surface area contributed by atoms with Gasteiger partial charge in [-0.15, -0.1) is 11.3 Å². The van der Waals surface area contributed by atoms with E-state index >= 15 is 0 Å². The summed E-state index contributed by atoms with van der Waals surface area (Å²) in [5.74, 6) is 0. The molecule has 0 aliphatic carbocycles. The molecule has 2 heteroatoms. The molecule has 0 nitrogen and oxygen atoms in total. The van der Waals surface area contributed by atoms with Gasteiger partial charge in [0, 0.05) is 30.2 Å². The van der Waals surface area contributed by atoms with E-state index in [1.807, 2.05) is 42.5 Å². The summed E-state index contributed by atoms with van der Waals surface area (Å²) >= 11 is 5.00. The molecule has 132 valence electrons. The Morgan fingerprint density at radius 1 is 0.643 bits per heavy atom. The minimum Gasteiger partial charge on any atom is -0.135 e. The minimum atomic E-state index is -0.403. The highest BCUT2D eigenvalue weighted by Crippen LogP contribution is 2.46. The van der Waals surface area contributed by atoms with Gasteiger partial charge in [-0.2, -0.15) is 0 Å². The van der Waals surface area contributed by atoms with Crippen LogP contribution in [-0.2, 0) is 0 Å². The second kappa shape index (κ2) is 6.16. The summed E-state index contributed by atoms with van der Waals surface area (Å²) in [4.78, 5) is 0. The van der Waals surface area contributed by atoms with Crippen LogP contribution in [0.25, 0.3) is 52.8 Å². The number of benzene rings is 5. The predicted molar refractivity (Wildman–Crippen MR) is 127 cm³/mol. The fourth-order valence-corrected chi connectivity index (χ4v) is 5.61. The zero-order valence-electron chi connectivity index (χ0n) is 22.3. The van der Waals surface area contributed by atoms with Crippen LogP contribution in [0.4, 0.5) is 0 Å². The van der Waals surface area contributed by atoms with Gasteiger partial charge in [-0.3, -0.25) is 0 Å². The monoisotopic (exact) mass is 446 g/mol. The van der Waals surface area contributed by atoms with E-state index in [1.54, 1.807) is 11.3 Å². The van der Waals surface area contributed by atoms with Gasteiger partial charge < -0.3 is 0 Å². The highest BCUT2D eigenvalue weighted by atomic mass is 79.9. The number of hydrogen-bond donors (Lipinski definition) is 0. The highest BCUT2D eigenvalue weighted by Gasteiger charge is 2.17. The van der Waals surface area contributed by atoms with Crippen molar-refractivity contribution in [2.45, 2.75) is 0 Å². The van der Waals surface area contributed by atoms with Crippen LogP contribution in [0.3, 0.4) is 0 Å². The molecule has 1 heterocycles. The molecule has 1 aromatic heterocycles. The van der Waals surface area contributed by atoms with Crippen molar-refractivity contribution in [3.05, 3.63) is 95.3 Å². The maximum atomic E-state index is 8.82. The molecule has 0 N–H and O–H groups in total. The molecule has 0 spiro atoms. The molecule has 0 fully saturated rings. The van der Waals surface area contributed by atoms with Crippen molar-refractivity contribution < 1.29 is 11.0 Å². The maximum absolute atomic E-state index is 8.82. The molecule has 5 aromatic carbocycles. The zero-order chi connectivity index (χ0) is 25.6. The van der Waals surface area contributed by atoms with Crippen LogP contribution in [0.5, 0.6) is 0 Å². The topological polar surface area (TPSA) is 0 Å². The molecular weight excluding hydrogens is 424 g/mol. The van der Waals surface area contributed by atoms with Gasteiger partial charge in [-0.1, -0.05) is 84.7 Å². The number of halogens is 1. The van der Waals surface area contributed by atoms with Crippen LogP contribution in [0.2, 0.25) is 0 Å². The summed E-state index contributed by atoms with van der Waals surface area (Å²) in [5, 5.41) is 2.83. The van der Waals surface area contributed by atoms with E-state index in [0.717, 1.165) is 20.2 Å². The second-order valence-electron chi connectivity index (χ2n) is 6.47. The van der Waals surface area contributed by atoms with E-state index in [9.17, 15) is 0 Å². The standard InChI is InChI=1S/C26H15BrS/c27-25-19-11-3-1-9-17(19)24(18-10-2-4-12-20(18)25)22-14-7-13-21-16-8-5-6-15-23(16)28-26(21)22/h1-15H/i1D,2D,3D,4D,9D,10D,11D,12D. The van der Waals surface area contributed by atoms with Crippen molar-refractivity contribution in [1.82, 2.24) is 0 Å². The van der Waals surface area contributed by atoms with E-state index in [4.69, 9.17) is 11.0 Å². The van der Waals surface area contributed by atoms with Crippen LogP contribution in [-0.4, -0.2) is 0 Å². The molecule has 0 aliphatic heterocycles. The summed E-state index contributed by atoms with van der Waals surface area (Å²) in [7, 11) is 0. The largest absolute Gasteiger partial charge is 0.135 e. The predicted octanol–water partition coefficient (Wildman–Crippen LogP) is 8.79. The van der Waals surface area contributed by atoms with Gasteiger partial charge in [0.05, 0.1) is 11.0 Å². The molecule has 0 atom stereocenters.